The molecule has 2 aliphatic rings. The molecule has 5 nitrogen and oxygen atoms in total. The van der Waals surface area contributed by atoms with E-state index in [-0.39, 0.29) is 39.9 Å². The van der Waals surface area contributed by atoms with E-state index in [0.29, 0.717) is 6.42 Å². The Balaban J connectivity index is 2.03. The van der Waals surface area contributed by atoms with Gasteiger partial charge in [0.05, 0.1) is 23.2 Å². The summed E-state index contributed by atoms with van der Waals surface area (Å²) < 4.78 is 51.2. The number of sulfone groups is 1. The molecule has 0 spiro atoms. The molecular formula is C15H16F2N2O3S2. The summed E-state index contributed by atoms with van der Waals surface area (Å²) in [5.74, 6) is -2.05. The van der Waals surface area contributed by atoms with Crippen LogP contribution in [0.5, 0.6) is 0 Å². The molecule has 0 N–H and O–H groups in total. The van der Waals surface area contributed by atoms with Crippen molar-refractivity contribution < 1.29 is 22.0 Å². The van der Waals surface area contributed by atoms with Gasteiger partial charge in [-0.1, -0.05) is 18.7 Å². The largest absolute Gasteiger partial charge is 0.313 e. The van der Waals surface area contributed by atoms with E-state index in [1.807, 2.05) is 6.92 Å². The number of hydrogen-bond acceptors (Lipinski definition) is 4. The molecule has 1 aromatic carbocycles. The van der Waals surface area contributed by atoms with Gasteiger partial charge in [0.1, 0.15) is 11.6 Å². The van der Waals surface area contributed by atoms with E-state index in [9.17, 15) is 22.0 Å². The Hall–Kier alpha value is -1.48. The molecule has 9 heteroatoms. The number of amides is 1. The van der Waals surface area contributed by atoms with E-state index < -0.39 is 27.5 Å². The molecule has 3 rings (SSSR count). The summed E-state index contributed by atoms with van der Waals surface area (Å²) in [6, 6.07) is 2.58. The number of carbonyl (C=O) groups is 1. The van der Waals surface area contributed by atoms with Crippen molar-refractivity contribution in [1.82, 2.24) is 0 Å². The first kappa shape index (κ1) is 17.3. The highest BCUT2D eigenvalue weighted by molar-refractivity contribution is 8.16. The molecule has 0 bridgehead atoms. The molecule has 0 saturated carbocycles. The molecule has 2 aliphatic heterocycles. The third-order valence-corrected chi connectivity index (χ3v) is 7.13. The zero-order chi connectivity index (χ0) is 17.5. The average molecular weight is 374 g/mol. The number of nitrogens with zero attached hydrogens (tertiary/aromatic N) is 2. The second-order valence-corrected chi connectivity index (χ2v) is 9.16. The van der Waals surface area contributed by atoms with Gasteiger partial charge in [-0.3, -0.25) is 4.79 Å². The second kappa shape index (κ2) is 6.44. The fourth-order valence-corrected chi connectivity index (χ4v) is 6.82. The molecule has 1 amide bonds. The molecule has 2 atom stereocenters. The quantitative estimate of drug-likeness (QED) is 0.813. The van der Waals surface area contributed by atoms with E-state index in [0.717, 1.165) is 12.1 Å². The minimum Gasteiger partial charge on any atom is -0.313 e. The molecule has 0 aromatic heterocycles. The topological polar surface area (TPSA) is 66.8 Å². The molecule has 1 aromatic rings. The van der Waals surface area contributed by atoms with E-state index in [1.54, 1.807) is 0 Å². The fourth-order valence-electron chi connectivity index (χ4n) is 2.90. The van der Waals surface area contributed by atoms with Gasteiger partial charge >= 0.3 is 0 Å². The molecular weight excluding hydrogens is 358 g/mol. The minimum absolute atomic E-state index is 0.0385. The van der Waals surface area contributed by atoms with Crippen molar-refractivity contribution in [3.05, 3.63) is 29.8 Å². The van der Waals surface area contributed by atoms with Gasteiger partial charge < -0.3 is 4.90 Å². The monoisotopic (exact) mass is 374 g/mol. The summed E-state index contributed by atoms with van der Waals surface area (Å²) in [6.45, 7) is 1.85. The molecule has 2 heterocycles. The number of hydrogen-bond donors (Lipinski definition) is 0. The number of thioether (sulfide) groups is 1. The number of fused-ring (bicyclic) bond motifs is 1. The second-order valence-electron chi connectivity index (χ2n) is 5.80. The van der Waals surface area contributed by atoms with E-state index >= 15 is 0 Å². The van der Waals surface area contributed by atoms with Crippen LogP contribution in [-0.2, 0) is 14.6 Å². The van der Waals surface area contributed by atoms with Crippen LogP contribution in [0.3, 0.4) is 0 Å². The highest BCUT2D eigenvalue weighted by Gasteiger charge is 2.49. The predicted octanol–water partition coefficient (Wildman–Crippen LogP) is 2.37. The van der Waals surface area contributed by atoms with Crippen molar-refractivity contribution in [1.29, 1.82) is 0 Å². The summed E-state index contributed by atoms with van der Waals surface area (Å²) in [6.07, 6.45) is 0.893. The highest BCUT2D eigenvalue weighted by Crippen LogP contribution is 2.41. The number of anilines is 1. The summed E-state index contributed by atoms with van der Waals surface area (Å²) >= 11 is 1.17. The van der Waals surface area contributed by atoms with Gasteiger partial charge in [-0.2, -0.15) is 4.99 Å². The van der Waals surface area contributed by atoms with Gasteiger partial charge in [0.25, 0.3) is 0 Å². The van der Waals surface area contributed by atoms with Gasteiger partial charge in [0.15, 0.2) is 15.0 Å². The Morgan fingerprint density at radius 2 is 2.12 bits per heavy atom. The number of carbonyl (C=O) groups excluding carboxylic acids is 1. The lowest BCUT2D eigenvalue weighted by atomic mass is 10.2. The van der Waals surface area contributed by atoms with Crippen molar-refractivity contribution in [3.8, 4) is 0 Å². The summed E-state index contributed by atoms with van der Waals surface area (Å²) in [5.41, 5.74) is 0.0385. The maximum absolute atomic E-state index is 14.2. The van der Waals surface area contributed by atoms with Crippen molar-refractivity contribution >= 4 is 38.4 Å². The number of aliphatic imine (C=N–C) groups is 1. The number of halogens is 2. The normalized spacial score (nSPS) is 26.8. The standard InChI is InChI=1S/C15H16F2N2O3S2/c1-2-3-14(20)18-15-19(11-5-4-9(16)6-10(11)17)12-7-24(21,22)8-13(12)23-15/h4-6,12-13H,2-3,7-8H2,1H3. The molecule has 2 unspecified atom stereocenters. The van der Waals surface area contributed by atoms with Crippen molar-refractivity contribution in [2.45, 2.75) is 31.1 Å². The SMILES string of the molecule is CCCC(=O)N=C1SC2CS(=O)(=O)CC2N1c1ccc(F)cc1F. The van der Waals surface area contributed by atoms with Crippen molar-refractivity contribution in [2.75, 3.05) is 16.4 Å². The first-order chi connectivity index (χ1) is 11.3. The van der Waals surface area contributed by atoms with Crippen LogP contribution in [-0.4, -0.2) is 42.3 Å². The Kier molecular flexibility index (Phi) is 4.65. The smallest absolute Gasteiger partial charge is 0.248 e. The Morgan fingerprint density at radius 1 is 1.38 bits per heavy atom. The molecule has 2 saturated heterocycles. The maximum atomic E-state index is 14.2. The highest BCUT2D eigenvalue weighted by atomic mass is 32.2. The van der Waals surface area contributed by atoms with Crippen molar-refractivity contribution in [3.63, 3.8) is 0 Å². The van der Waals surface area contributed by atoms with Gasteiger partial charge in [-0.05, 0) is 18.6 Å². The van der Waals surface area contributed by atoms with E-state index in [2.05, 4.69) is 4.99 Å². The zero-order valence-corrected chi connectivity index (χ0v) is 14.5. The number of rotatable bonds is 3. The number of benzene rings is 1. The summed E-state index contributed by atoms with van der Waals surface area (Å²) in [5, 5.41) is -0.0310. The van der Waals surface area contributed by atoms with E-state index in [4.69, 9.17) is 0 Å². The van der Waals surface area contributed by atoms with Crippen LogP contribution < -0.4 is 4.90 Å². The van der Waals surface area contributed by atoms with Crippen LogP contribution in [0.1, 0.15) is 19.8 Å². The van der Waals surface area contributed by atoms with Crippen LogP contribution in [0.25, 0.3) is 0 Å². The lowest BCUT2D eigenvalue weighted by molar-refractivity contribution is -0.117. The average Bonchev–Trinajstić information content (AvgIpc) is 2.91. The molecule has 2 fully saturated rings. The first-order valence-corrected chi connectivity index (χ1v) is 10.2. The third-order valence-electron chi connectivity index (χ3n) is 3.92. The Labute approximate surface area is 143 Å². The zero-order valence-electron chi connectivity index (χ0n) is 12.9. The summed E-state index contributed by atoms with van der Waals surface area (Å²) in [4.78, 5) is 17.3. The Morgan fingerprint density at radius 3 is 2.79 bits per heavy atom. The first-order valence-electron chi connectivity index (χ1n) is 7.53. The molecule has 0 radical (unpaired) electrons. The maximum Gasteiger partial charge on any atom is 0.248 e. The van der Waals surface area contributed by atoms with Crippen LogP contribution in [0, 0.1) is 11.6 Å². The third kappa shape index (κ3) is 3.32. The number of amidine groups is 1. The van der Waals surface area contributed by atoms with Crippen LogP contribution in [0.2, 0.25) is 0 Å². The molecule has 130 valence electrons. The van der Waals surface area contributed by atoms with Crippen LogP contribution >= 0.6 is 11.8 Å². The van der Waals surface area contributed by atoms with Crippen molar-refractivity contribution in [2.24, 2.45) is 4.99 Å². The van der Waals surface area contributed by atoms with Gasteiger partial charge in [-0.25, -0.2) is 17.2 Å². The summed E-state index contributed by atoms with van der Waals surface area (Å²) in [7, 11) is -3.23. The van der Waals surface area contributed by atoms with E-state index in [1.165, 1.54) is 22.7 Å². The molecule has 24 heavy (non-hydrogen) atoms. The molecule has 0 aliphatic carbocycles. The Bertz CT molecular complexity index is 811. The lowest BCUT2D eigenvalue weighted by Gasteiger charge is -2.24. The van der Waals surface area contributed by atoms with Crippen LogP contribution in [0.4, 0.5) is 14.5 Å². The lowest BCUT2D eigenvalue weighted by Crippen LogP contribution is -2.38. The fraction of sp³-hybridized carbons (Fsp3) is 0.467. The minimum atomic E-state index is -3.23. The van der Waals surface area contributed by atoms with Gasteiger partial charge in [0, 0.05) is 17.7 Å². The van der Waals surface area contributed by atoms with Gasteiger partial charge in [-0.15, -0.1) is 0 Å². The predicted molar refractivity (Wildman–Crippen MR) is 90.0 cm³/mol. The van der Waals surface area contributed by atoms with Crippen LogP contribution in [0.15, 0.2) is 23.2 Å². The van der Waals surface area contributed by atoms with Gasteiger partial charge in [0.2, 0.25) is 5.91 Å².